The minimum absolute atomic E-state index is 0.00593. The number of anilines is 1. The maximum absolute atomic E-state index is 11.6. The van der Waals surface area contributed by atoms with Crippen LogP contribution in [0.1, 0.15) is 0 Å². The van der Waals surface area contributed by atoms with Crippen LogP contribution in [0.2, 0.25) is 0 Å². The van der Waals surface area contributed by atoms with Crippen LogP contribution in [0.3, 0.4) is 0 Å². The summed E-state index contributed by atoms with van der Waals surface area (Å²) in [6.07, 6.45) is 1.05. The lowest BCUT2D eigenvalue weighted by Crippen LogP contribution is -2.27. The van der Waals surface area contributed by atoms with Crippen molar-refractivity contribution in [3.63, 3.8) is 0 Å². The maximum atomic E-state index is 11.6. The van der Waals surface area contributed by atoms with Gasteiger partial charge in [0, 0.05) is 6.26 Å². The van der Waals surface area contributed by atoms with Gasteiger partial charge in [0.05, 0.1) is 26.3 Å². The zero-order chi connectivity index (χ0) is 11.9. The van der Waals surface area contributed by atoms with Gasteiger partial charge in [-0.1, -0.05) is 6.07 Å². The molecule has 0 aliphatic carbocycles. The zero-order valence-electron chi connectivity index (χ0n) is 8.39. The molecule has 1 aromatic rings. The molecular formula is C9H9NO4S2. The van der Waals surface area contributed by atoms with Crippen LogP contribution >= 0.6 is 0 Å². The number of hydrogen-bond donors (Lipinski definition) is 1. The monoisotopic (exact) mass is 259 g/mol. The Morgan fingerprint density at radius 1 is 1.38 bits per heavy atom. The first-order valence-corrected chi connectivity index (χ1v) is 7.62. The third-order valence-electron chi connectivity index (χ3n) is 2.16. The molecule has 1 N–H and O–H groups in total. The molecule has 0 fully saturated rings. The van der Waals surface area contributed by atoms with E-state index in [1.54, 1.807) is 6.07 Å². The quantitative estimate of drug-likeness (QED) is 0.778. The van der Waals surface area contributed by atoms with Crippen LogP contribution in [0, 0.1) is 0 Å². The van der Waals surface area contributed by atoms with Crippen molar-refractivity contribution in [2.75, 3.05) is 17.3 Å². The molecule has 1 heterocycles. The number of para-hydroxylation sites is 1. The van der Waals surface area contributed by atoms with Crippen LogP contribution in [0.25, 0.3) is 0 Å². The molecule has 0 spiro atoms. The molecule has 1 aromatic carbocycles. The van der Waals surface area contributed by atoms with E-state index in [1.807, 2.05) is 0 Å². The summed E-state index contributed by atoms with van der Waals surface area (Å²) >= 11 is 0. The molecule has 7 heteroatoms. The highest BCUT2D eigenvalue weighted by molar-refractivity contribution is 7.91. The van der Waals surface area contributed by atoms with Gasteiger partial charge in [-0.05, 0) is 12.1 Å². The summed E-state index contributed by atoms with van der Waals surface area (Å²) in [7, 11) is -4.91. The smallest absolute Gasteiger partial charge is 0.237 e. The lowest BCUT2D eigenvalue weighted by Gasteiger charge is -2.18. The fourth-order valence-corrected chi connectivity index (χ4v) is 3.51. The molecule has 0 radical (unpaired) electrons. The number of carbonyl (C=O) groups is 1. The number of sulfone groups is 1. The lowest BCUT2D eigenvalue weighted by molar-refractivity contribution is -0.114. The number of rotatable bonds is 1. The van der Waals surface area contributed by atoms with E-state index in [9.17, 15) is 17.4 Å². The summed E-state index contributed by atoms with van der Waals surface area (Å²) in [5.41, 5.74) is 0.152. The average molecular weight is 259 g/mol. The van der Waals surface area contributed by atoms with Crippen LogP contribution < -0.4 is 5.32 Å². The first kappa shape index (κ1) is 11.3. The fraction of sp³-hybridized carbons (Fsp3) is 0.222. The lowest BCUT2D eigenvalue weighted by atomic mass is 10.3. The highest BCUT2D eigenvalue weighted by Gasteiger charge is 2.26. The molecule has 1 atom stereocenters. The predicted molar refractivity (Wildman–Crippen MR) is 59.5 cm³/mol. The SMILES string of the molecule is CS(=O)(=O)c1cccc2c1NC(=O)CS2=O. The molecule has 0 saturated carbocycles. The van der Waals surface area contributed by atoms with Crippen molar-refractivity contribution in [1.29, 1.82) is 0 Å². The fourth-order valence-electron chi connectivity index (χ4n) is 1.51. The number of benzene rings is 1. The second-order valence-corrected chi connectivity index (χ2v) is 6.84. The molecule has 2 rings (SSSR count). The highest BCUT2D eigenvalue weighted by atomic mass is 32.2. The van der Waals surface area contributed by atoms with Gasteiger partial charge in [-0.15, -0.1) is 0 Å². The van der Waals surface area contributed by atoms with Gasteiger partial charge < -0.3 is 5.32 Å². The van der Waals surface area contributed by atoms with E-state index in [4.69, 9.17) is 0 Å². The summed E-state index contributed by atoms with van der Waals surface area (Å²) in [4.78, 5) is 11.6. The van der Waals surface area contributed by atoms with Gasteiger partial charge in [-0.25, -0.2) is 8.42 Å². The van der Waals surface area contributed by atoms with Crippen LogP contribution in [0.15, 0.2) is 28.0 Å². The topological polar surface area (TPSA) is 80.3 Å². The van der Waals surface area contributed by atoms with Crippen molar-refractivity contribution in [3.8, 4) is 0 Å². The Hall–Kier alpha value is -1.21. The number of fused-ring (bicyclic) bond motifs is 1. The Bertz CT molecular complexity index is 592. The minimum atomic E-state index is -3.44. The minimum Gasteiger partial charge on any atom is -0.323 e. The summed E-state index contributed by atoms with van der Waals surface area (Å²) in [5.74, 6) is -0.554. The molecule has 0 aromatic heterocycles. The van der Waals surface area contributed by atoms with Gasteiger partial charge in [0.15, 0.2) is 9.84 Å². The second-order valence-electron chi connectivity index (χ2n) is 3.44. The van der Waals surface area contributed by atoms with E-state index >= 15 is 0 Å². The van der Waals surface area contributed by atoms with E-state index in [0.717, 1.165) is 6.26 Å². The van der Waals surface area contributed by atoms with Crippen molar-refractivity contribution in [1.82, 2.24) is 0 Å². The van der Waals surface area contributed by atoms with Crippen molar-refractivity contribution >= 4 is 32.2 Å². The Kier molecular flexibility index (Phi) is 2.59. The Morgan fingerprint density at radius 2 is 2.06 bits per heavy atom. The van der Waals surface area contributed by atoms with E-state index < -0.39 is 26.5 Å². The standard InChI is InChI=1S/C9H9NO4S2/c1-16(13,14)7-4-2-3-6-9(7)10-8(11)5-15(6)12/h2-4H,5H2,1H3,(H,10,11). The number of nitrogens with one attached hydrogen (secondary N) is 1. The van der Waals surface area contributed by atoms with E-state index in [0.29, 0.717) is 4.90 Å². The summed E-state index contributed by atoms with van der Waals surface area (Å²) < 4.78 is 34.6. The zero-order valence-corrected chi connectivity index (χ0v) is 10.0. The van der Waals surface area contributed by atoms with Gasteiger partial charge >= 0.3 is 0 Å². The molecule has 1 unspecified atom stereocenters. The molecule has 1 aliphatic heterocycles. The maximum Gasteiger partial charge on any atom is 0.237 e. The summed E-state index contributed by atoms with van der Waals surface area (Å²) in [6, 6.07) is 4.46. The first-order chi connectivity index (χ1) is 7.39. The molecular weight excluding hydrogens is 250 g/mol. The van der Waals surface area contributed by atoms with Crippen LogP contribution in [0.5, 0.6) is 0 Å². The molecule has 1 amide bonds. The van der Waals surface area contributed by atoms with Gasteiger partial charge in [-0.2, -0.15) is 0 Å². The third-order valence-corrected chi connectivity index (χ3v) is 4.65. The van der Waals surface area contributed by atoms with Crippen LogP contribution in [0.4, 0.5) is 5.69 Å². The second kappa shape index (κ2) is 3.67. The number of hydrogen-bond acceptors (Lipinski definition) is 4. The summed E-state index contributed by atoms with van der Waals surface area (Å²) in [6.45, 7) is 0. The van der Waals surface area contributed by atoms with Gasteiger partial charge in [0.1, 0.15) is 5.75 Å². The highest BCUT2D eigenvalue weighted by Crippen LogP contribution is 2.30. The molecule has 0 saturated heterocycles. The summed E-state index contributed by atoms with van der Waals surface area (Å²) in [5, 5.41) is 2.45. The van der Waals surface area contributed by atoms with E-state index in [2.05, 4.69) is 5.32 Å². The van der Waals surface area contributed by atoms with E-state index in [1.165, 1.54) is 12.1 Å². The van der Waals surface area contributed by atoms with Crippen molar-refractivity contribution in [3.05, 3.63) is 18.2 Å². The van der Waals surface area contributed by atoms with Crippen molar-refractivity contribution < 1.29 is 17.4 Å². The molecule has 0 bridgehead atoms. The predicted octanol–water partition coefficient (Wildman–Crippen LogP) is 0.150. The first-order valence-electron chi connectivity index (χ1n) is 4.41. The average Bonchev–Trinajstić information content (AvgIpc) is 2.15. The van der Waals surface area contributed by atoms with E-state index in [-0.39, 0.29) is 16.3 Å². The van der Waals surface area contributed by atoms with Crippen LogP contribution in [-0.2, 0) is 25.4 Å². The number of amides is 1. The Morgan fingerprint density at radius 3 is 2.69 bits per heavy atom. The molecule has 16 heavy (non-hydrogen) atoms. The van der Waals surface area contributed by atoms with Gasteiger partial charge in [-0.3, -0.25) is 9.00 Å². The molecule has 1 aliphatic rings. The van der Waals surface area contributed by atoms with Crippen molar-refractivity contribution in [2.24, 2.45) is 0 Å². The largest absolute Gasteiger partial charge is 0.323 e. The molecule has 86 valence electrons. The molecule has 5 nitrogen and oxygen atoms in total. The van der Waals surface area contributed by atoms with Gasteiger partial charge in [0.25, 0.3) is 0 Å². The van der Waals surface area contributed by atoms with Crippen molar-refractivity contribution in [2.45, 2.75) is 9.79 Å². The number of carbonyl (C=O) groups excluding carboxylic acids is 1. The Labute approximate surface area is 95.2 Å². The normalized spacial score (nSPS) is 20.1. The third kappa shape index (κ3) is 1.88. The van der Waals surface area contributed by atoms with Gasteiger partial charge in [0.2, 0.25) is 5.91 Å². The Balaban J connectivity index is 2.73. The van der Waals surface area contributed by atoms with Crippen LogP contribution in [-0.4, -0.2) is 30.5 Å².